The molecule has 0 unspecified atom stereocenters. The van der Waals surface area contributed by atoms with Crippen LogP contribution < -0.4 is 5.43 Å². The number of para-hydroxylation sites is 1. The molecule has 14 heavy (non-hydrogen) atoms. The Morgan fingerprint density at radius 1 is 1.07 bits per heavy atom. The molecule has 4 heteroatoms. The van der Waals surface area contributed by atoms with Crippen LogP contribution in [-0.4, -0.2) is 32.7 Å². The summed E-state index contributed by atoms with van der Waals surface area (Å²) in [6, 6.07) is 9.89. The van der Waals surface area contributed by atoms with E-state index in [0.29, 0.717) is 13.5 Å². The summed E-state index contributed by atoms with van der Waals surface area (Å²) in [6.07, 6.45) is 0. The van der Waals surface area contributed by atoms with Crippen molar-refractivity contribution in [2.75, 3.05) is 33.1 Å². The fourth-order valence-corrected chi connectivity index (χ4v) is 1.11. The average Bonchev–Trinajstić information content (AvgIpc) is 2.20. The molecule has 0 spiro atoms. The van der Waals surface area contributed by atoms with Crippen LogP contribution in [0.3, 0.4) is 0 Å². The lowest BCUT2D eigenvalue weighted by molar-refractivity contribution is 0.00295. The third-order valence-corrected chi connectivity index (χ3v) is 1.63. The Morgan fingerprint density at radius 3 is 2.14 bits per heavy atom. The predicted molar refractivity (Wildman–Crippen MR) is 55.7 cm³/mol. The zero-order valence-corrected chi connectivity index (χ0v) is 8.56. The molecule has 0 aliphatic heterocycles. The first-order valence-corrected chi connectivity index (χ1v) is 4.41. The van der Waals surface area contributed by atoms with Crippen molar-refractivity contribution in [1.29, 1.82) is 0 Å². The highest BCUT2D eigenvalue weighted by atomic mass is 16.5. The number of ether oxygens (including phenoxy) is 2. The van der Waals surface area contributed by atoms with Gasteiger partial charge in [-0.1, -0.05) is 18.2 Å². The number of rotatable bonds is 6. The fourth-order valence-electron chi connectivity index (χ4n) is 1.11. The van der Waals surface area contributed by atoms with Crippen LogP contribution in [0.1, 0.15) is 0 Å². The molecule has 0 radical (unpaired) electrons. The third-order valence-electron chi connectivity index (χ3n) is 1.63. The molecule has 0 amide bonds. The van der Waals surface area contributed by atoms with E-state index in [9.17, 15) is 0 Å². The molecule has 0 aliphatic carbocycles. The molecule has 0 heterocycles. The summed E-state index contributed by atoms with van der Waals surface area (Å²) >= 11 is 0. The number of hydrazine groups is 1. The lowest BCUT2D eigenvalue weighted by atomic mass is 10.3. The maximum Gasteiger partial charge on any atom is 0.118 e. The molecule has 4 nitrogen and oxygen atoms in total. The molecular weight excluding hydrogens is 180 g/mol. The van der Waals surface area contributed by atoms with Gasteiger partial charge in [0, 0.05) is 19.9 Å². The Balaban J connectivity index is 2.46. The number of benzene rings is 1. The van der Waals surface area contributed by atoms with Crippen LogP contribution >= 0.6 is 0 Å². The first-order chi connectivity index (χ1) is 6.86. The van der Waals surface area contributed by atoms with E-state index in [2.05, 4.69) is 5.43 Å². The molecule has 78 valence electrons. The quantitative estimate of drug-likeness (QED) is 0.552. The number of anilines is 1. The largest absolute Gasteiger partial charge is 0.368 e. The van der Waals surface area contributed by atoms with Gasteiger partial charge in [-0.05, 0) is 12.1 Å². The molecule has 0 fully saturated rings. The highest BCUT2D eigenvalue weighted by molar-refractivity contribution is 5.41. The van der Waals surface area contributed by atoms with Gasteiger partial charge in [-0.3, -0.25) is 0 Å². The van der Waals surface area contributed by atoms with Gasteiger partial charge in [-0.15, -0.1) is 0 Å². The predicted octanol–water partition coefficient (Wildman–Crippen LogP) is 1.52. The van der Waals surface area contributed by atoms with Crippen molar-refractivity contribution in [2.45, 2.75) is 0 Å². The van der Waals surface area contributed by atoms with E-state index in [-0.39, 0.29) is 0 Å². The Morgan fingerprint density at radius 2 is 1.64 bits per heavy atom. The Kier molecular flexibility index (Phi) is 4.99. The van der Waals surface area contributed by atoms with Gasteiger partial charge in [0.1, 0.15) is 13.5 Å². The number of nitrogens with zero attached hydrogens (tertiary/aromatic N) is 1. The van der Waals surface area contributed by atoms with Crippen molar-refractivity contribution in [1.82, 2.24) is 5.01 Å². The average molecular weight is 196 g/mol. The summed E-state index contributed by atoms with van der Waals surface area (Å²) in [5.74, 6) is 0. The van der Waals surface area contributed by atoms with E-state index < -0.39 is 0 Å². The third kappa shape index (κ3) is 3.74. The lowest BCUT2D eigenvalue weighted by Crippen LogP contribution is -2.33. The summed E-state index contributed by atoms with van der Waals surface area (Å²) < 4.78 is 10.0. The van der Waals surface area contributed by atoms with Gasteiger partial charge in [-0.25, -0.2) is 0 Å². The van der Waals surface area contributed by atoms with Gasteiger partial charge in [0.05, 0.1) is 0 Å². The Hall–Kier alpha value is -1.10. The summed E-state index contributed by atoms with van der Waals surface area (Å²) in [5, 5.41) is 1.83. The van der Waals surface area contributed by atoms with Gasteiger partial charge >= 0.3 is 0 Å². The van der Waals surface area contributed by atoms with Crippen molar-refractivity contribution in [3.8, 4) is 0 Å². The molecule has 0 atom stereocenters. The SMILES string of the molecule is COCN(COC)Nc1ccccc1. The van der Waals surface area contributed by atoms with Gasteiger partial charge in [0.25, 0.3) is 0 Å². The molecular formula is C10H16N2O2. The normalized spacial score (nSPS) is 10.5. The maximum atomic E-state index is 5.01. The molecule has 1 aromatic rings. The number of hydrogen-bond acceptors (Lipinski definition) is 4. The van der Waals surface area contributed by atoms with E-state index in [1.165, 1.54) is 0 Å². The minimum Gasteiger partial charge on any atom is -0.368 e. The van der Waals surface area contributed by atoms with E-state index in [0.717, 1.165) is 5.69 Å². The molecule has 1 N–H and O–H groups in total. The summed E-state index contributed by atoms with van der Waals surface area (Å²) in [4.78, 5) is 0. The van der Waals surface area contributed by atoms with Crippen LogP contribution in [0.5, 0.6) is 0 Å². The van der Waals surface area contributed by atoms with Crippen LogP contribution in [0.4, 0.5) is 5.69 Å². The first kappa shape index (κ1) is 11.0. The smallest absolute Gasteiger partial charge is 0.118 e. The first-order valence-electron chi connectivity index (χ1n) is 4.41. The summed E-state index contributed by atoms with van der Waals surface area (Å²) in [6.45, 7) is 0.950. The highest BCUT2D eigenvalue weighted by Crippen LogP contribution is 2.06. The van der Waals surface area contributed by atoms with E-state index >= 15 is 0 Å². The topological polar surface area (TPSA) is 33.7 Å². The van der Waals surface area contributed by atoms with Crippen LogP contribution in [0.2, 0.25) is 0 Å². The highest BCUT2D eigenvalue weighted by Gasteiger charge is 2.01. The Bertz CT molecular complexity index is 235. The van der Waals surface area contributed by atoms with Crippen LogP contribution in [0.15, 0.2) is 30.3 Å². The standard InChI is InChI=1S/C10H16N2O2/c1-13-8-12(9-14-2)11-10-6-4-3-5-7-10/h3-7,11H,8-9H2,1-2H3. The van der Waals surface area contributed by atoms with Crippen molar-refractivity contribution in [3.05, 3.63) is 30.3 Å². The summed E-state index contributed by atoms with van der Waals surface area (Å²) in [7, 11) is 3.30. The van der Waals surface area contributed by atoms with E-state index in [1.807, 2.05) is 35.3 Å². The summed E-state index contributed by atoms with van der Waals surface area (Å²) in [5.41, 5.74) is 4.18. The minimum atomic E-state index is 0.475. The van der Waals surface area contributed by atoms with E-state index in [1.54, 1.807) is 14.2 Å². The maximum absolute atomic E-state index is 5.01. The molecule has 1 aromatic carbocycles. The van der Waals surface area contributed by atoms with Gasteiger partial charge < -0.3 is 14.9 Å². The van der Waals surface area contributed by atoms with Crippen molar-refractivity contribution < 1.29 is 9.47 Å². The van der Waals surface area contributed by atoms with Crippen LogP contribution in [-0.2, 0) is 9.47 Å². The number of methoxy groups -OCH3 is 2. The lowest BCUT2D eigenvalue weighted by Gasteiger charge is -2.21. The second kappa shape index (κ2) is 6.37. The zero-order chi connectivity index (χ0) is 10.2. The second-order valence-corrected chi connectivity index (χ2v) is 2.85. The fraction of sp³-hybridized carbons (Fsp3) is 0.400. The van der Waals surface area contributed by atoms with Crippen LogP contribution in [0.25, 0.3) is 0 Å². The molecule has 1 rings (SSSR count). The molecule has 0 saturated heterocycles. The zero-order valence-electron chi connectivity index (χ0n) is 8.56. The minimum absolute atomic E-state index is 0.475. The van der Waals surface area contributed by atoms with E-state index in [4.69, 9.17) is 9.47 Å². The molecule has 0 bridgehead atoms. The van der Waals surface area contributed by atoms with Crippen molar-refractivity contribution >= 4 is 5.69 Å². The van der Waals surface area contributed by atoms with Gasteiger partial charge in [0.15, 0.2) is 0 Å². The number of nitrogens with one attached hydrogen (secondary N) is 1. The molecule has 0 saturated carbocycles. The van der Waals surface area contributed by atoms with Gasteiger partial charge in [0.2, 0.25) is 0 Å². The Labute approximate surface area is 84.4 Å². The van der Waals surface area contributed by atoms with Crippen molar-refractivity contribution in [3.63, 3.8) is 0 Å². The number of hydrogen-bond donors (Lipinski definition) is 1. The molecule has 0 aliphatic rings. The second-order valence-electron chi connectivity index (χ2n) is 2.85. The molecule has 0 aromatic heterocycles. The van der Waals surface area contributed by atoms with Crippen LogP contribution in [0, 0.1) is 0 Å². The van der Waals surface area contributed by atoms with Crippen molar-refractivity contribution in [2.24, 2.45) is 0 Å². The van der Waals surface area contributed by atoms with Gasteiger partial charge in [-0.2, -0.15) is 5.01 Å². The monoisotopic (exact) mass is 196 g/mol.